The molecule has 2 rings (SSSR count). The molecule has 0 spiro atoms. The van der Waals surface area contributed by atoms with Crippen LogP contribution in [0.3, 0.4) is 0 Å². The molecule has 0 unspecified atom stereocenters. The number of hydrogen-bond donors (Lipinski definition) is 3. The summed E-state index contributed by atoms with van der Waals surface area (Å²) in [4.78, 5) is 10.8. The van der Waals surface area contributed by atoms with Crippen molar-refractivity contribution < 1.29 is 14.3 Å². The highest BCUT2D eigenvalue weighted by molar-refractivity contribution is 5.90. The van der Waals surface area contributed by atoms with E-state index in [0.29, 0.717) is 12.2 Å². The van der Waals surface area contributed by atoms with Gasteiger partial charge in [-0.05, 0) is 26.0 Å². The summed E-state index contributed by atoms with van der Waals surface area (Å²) >= 11 is 0. The van der Waals surface area contributed by atoms with Gasteiger partial charge in [0, 0.05) is 24.8 Å². The number of carboxylic acids is 1. The third-order valence-corrected chi connectivity index (χ3v) is 3.48. The van der Waals surface area contributed by atoms with Gasteiger partial charge in [0.05, 0.1) is 22.6 Å². The van der Waals surface area contributed by atoms with E-state index in [1.54, 1.807) is 4.68 Å². The Morgan fingerprint density at radius 2 is 2.14 bits per heavy atom. The maximum Gasteiger partial charge on any atom is 0.338 e. The van der Waals surface area contributed by atoms with Gasteiger partial charge in [-0.15, -0.1) is 0 Å². The van der Waals surface area contributed by atoms with E-state index in [0.717, 1.165) is 29.1 Å². The van der Waals surface area contributed by atoms with Crippen LogP contribution in [0.1, 0.15) is 27.3 Å². The lowest BCUT2D eigenvalue weighted by Gasteiger charge is -2.11. The Balaban J connectivity index is 2.25. The van der Waals surface area contributed by atoms with E-state index in [-0.39, 0.29) is 5.69 Å². The molecule has 0 aliphatic rings. The molecule has 0 atom stereocenters. The van der Waals surface area contributed by atoms with Crippen LogP contribution in [0, 0.1) is 19.7 Å². The number of aromatic nitrogens is 2. The number of anilines is 2. The van der Waals surface area contributed by atoms with Crippen LogP contribution in [0.4, 0.5) is 15.8 Å². The monoisotopic (exact) mass is 292 g/mol. The van der Waals surface area contributed by atoms with Gasteiger partial charge in [0.15, 0.2) is 0 Å². The van der Waals surface area contributed by atoms with Crippen molar-refractivity contribution in [1.29, 1.82) is 0 Å². The molecular weight excluding hydrogens is 275 g/mol. The van der Waals surface area contributed by atoms with Gasteiger partial charge in [-0.25, -0.2) is 9.18 Å². The standard InChI is InChI=1S/C14H17FN4O2/c1-7-10(8(2)19(3)18-7)6-17-13-5-11(15)9(14(20)21)4-12(13)16/h4-5,17H,6,16H2,1-3H3,(H,20,21). The molecule has 2 aromatic rings. The normalized spacial score (nSPS) is 10.7. The number of nitrogens with two attached hydrogens (primary N) is 1. The van der Waals surface area contributed by atoms with Crippen molar-refractivity contribution in [2.24, 2.45) is 7.05 Å². The molecule has 0 radical (unpaired) electrons. The molecule has 1 heterocycles. The fraction of sp³-hybridized carbons (Fsp3) is 0.286. The number of nitrogens with zero attached hydrogens (tertiary/aromatic N) is 2. The Labute approximate surface area is 121 Å². The van der Waals surface area contributed by atoms with Crippen LogP contribution in [-0.4, -0.2) is 20.9 Å². The van der Waals surface area contributed by atoms with Crippen molar-refractivity contribution in [3.8, 4) is 0 Å². The first-order chi connectivity index (χ1) is 9.81. The molecular formula is C14H17FN4O2. The van der Waals surface area contributed by atoms with Crippen LogP contribution in [-0.2, 0) is 13.6 Å². The summed E-state index contributed by atoms with van der Waals surface area (Å²) in [7, 11) is 1.85. The van der Waals surface area contributed by atoms with E-state index in [2.05, 4.69) is 10.4 Å². The van der Waals surface area contributed by atoms with E-state index in [1.165, 1.54) is 0 Å². The lowest BCUT2D eigenvalue weighted by atomic mass is 10.1. The minimum Gasteiger partial charge on any atom is -0.478 e. The minimum atomic E-state index is -1.34. The van der Waals surface area contributed by atoms with Gasteiger partial charge in [0.2, 0.25) is 0 Å². The molecule has 1 aromatic heterocycles. The highest BCUT2D eigenvalue weighted by atomic mass is 19.1. The zero-order chi connectivity index (χ0) is 15.7. The number of aryl methyl sites for hydroxylation is 2. The zero-order valence-electron chi connectivity index (χ0n) is 12.1. The summed E-state index contributed by atoms with van der Waals surface area (Å²) < 4.78 is 15.4. The number of carbonyl (C=O) groups is 1. The first-order valence-electron chi connectivity index (χ1n) is 6.36. The van der Waals surface area contributed by atoms with Gasteiger partial charge < -0.3 is 16.2 Å². The molecule has 0 fully saturated rings. The molecule has 21 heavy (non-hydrogen) atoms. The van der Waals surface area contributed by atoms with E-state index in [9.17, 15) is 9.18 Å². The second kappa shape index (κ2) is 5.43. The third-order valence-electron chi connectivity index (χ3n) is 3.48. The third kappa shape index (κ3) is 2.81. The largest absolute Gasteiger partial charge is 0.478 e. The minimum absolute atomic E-state index is 0.188. The quantitative estimate of drug-likeness (QED) is 0.750. The van der Waals surface area contributed by atoms with Gasteiger partial charge >= 0.3 is 5.97 Å². The Morgan fingerprint density at radius 3 is 2.67 bits per heavy atom. The average Bonchev–Trinajstić information content (AvgIpc) is 2.64. The van der Waals surface area contributed by atoms with Gasteiger partial charge in [0.25, 0.3) is 0 Å². The number of hydrogen-bond acceptors (Lipinski definition) is 4. The van der Waals surface area contributed by atoms with Crippen LogP contribution in [0.15, 0.2) is 12.1 Å². The number of aromatic carboxylic acids is 1. The number of halogens is 1. The lowest BCUT2D eigenvalue weighted by Crippen LogP contribution is -2.08. The SMILES string of the molecule is Cc1nn(C)c(C)c1CNc1cc(F)c(C(=O)O)cc1N. The summed E-state index contributed by atoms with van der Waals surface area (Å²) in [6, 6.07) is 2.21. The molecule has 4 N–H and O–H groups in total. The molecule has 0 bridgehead atoms. The predicted molar refractivity (Wildman–Crippen MR) is 77.8 cm³/mol. The first-order valence-corrected chi connectivity index (χ1v) is 6.36. The highest BCUT2D eigenvalue weighted by Gasteiger charge is 2.15. The lowest BCUT2D eigenvalue weighted by molar-refractivity contribution is 0.0692. The van der Waals surface area contributed by atoms with Gasteiger partial charge in [0.1, 0.15) is 5.82 Å². The van der Waals surface area contributed by atoms with Crippen molar-refractivity contribution in [2.75, 3.05) is 11.1 Å². The summed E-state index contributed by atoms with van der Waals surface area (Å²) in [5, 5.41) is 16.2. The number of nitrogen functional groups attached to an aromatic ring is 1. The van der Waals surface area contributed by atoms with Gasteiger partial charge in [-0.2, -0.15) is 5.10 Å². The first kappa shape index (κ1) is 14.8. The van der Waals surface area contributed by atoms with Crippen LogP contribution in [0.2, 0.25) is 0 Å². The van der Waals surface area contributed by atoms with Crippen molar-refractivity contribution in [2.45, 2.75) is 20.4 Å². The van der Waals surface area contributed by atoms with Crippen LogP contribution in [0.25, 0.3) is 0 Å². The van der Waals surface area contributed by atoms with E-state index >= 15 is 0 Å². The summed E-state index contributed by atoms with van der Waals surface area (Å²) in [6.45, 7) is 4.26. The van der Waals surface area contributed by atoms with Crippen LogP contribution < -0.4 is 11.1 Å². The molecule has 112 valence electrons. The zero-order valence-corrected chi connectivity index (χ0v) is 12.1. The molecule has 0 aliphatic carbocycles. The Kier molecular flexibility index (Phi) is 3.84. The maximum atomic E-state index is 13.7. The van der Waals surface area contributed by atoms with E-state index in [1.807, 2.05) is 20.9 Å². The summed E-state index contributed by atoms with van der Waals surface area (Å²) in [6.07, 6.45) is 0. The van der Waals surface area contributed by atoms with Crippen molar-refractivity contribution in [1.82, 2.24) is 9.78 Å². The smallest absolute Gasteiger partial charge is 0.338 e. The molecule has 7 heteroatoms. The number of benzene rings is 1. The van der Waals surface area contributed by atoms with E-state index < -0.39 is 17.3 Å². The number of nitrogens with one attached hydrogen (secondary N) is 1. The highest BCUT2D eigenvalue weighted by Crippen LogP contribution is 2.24. The number of rotatable bonds is 4. The van der Waals surface area contributed by atoms with Gasteiger partial charge in [-0.3, -0.25) is 4.68 Å². The summed E-state index contributed by atoms with van der Waals surface area (Å²) in [5.74, 6) is -2.16. The fourth-order valence-electron chi connectivity index (χ4n) is 2.16. The van der Waals surface area contributed by atoms with Crippen LogP contribution >= 0.6 is 0 Å². The van der Waals surface area contributed by atoms with Gasteiger partial charge in [-0.1, -0.05) is 0 Å². The average molecular weight is 292 g/mol. The summed E-state index contributed by atoms with van der Waals surface area (Å²) in [5.41, 5.74) is 8.75. The maximum absolute atomic E-state index is 13.7. The molecule has 1 aromatic carbocycles. The Hall–Kier alpha value is -2.57. The molecule has 0 amide bonds. The second-order valence-electron chi connectivity index (χ2n) is 4.85. The molecule has 6 nitrogen and oxygen atoms in total. The molecule has 0 aliphatic heterocycles. The second-order valence-corrected chi connectivity index (χ2v) is 4.85. The van der Waals surface area contributed by atoms with E-state index in [4.69, 9.17) is 10.8 Å². The van der Waals surface area contributed by atoms with Crippen LogP contribution in [0.5, 0.6) is 0 Å². The Bertz CT molecular complexity index is 709. The van der Waals surface area contributed by atoms with Crippen molar-refractivity contribution in [3.63, 3.8) is 0 Å². The molecule has 0 saturated carbocycles. The van der Waals surface area contributed by atoms with Crippen molar-refractivity contribution >= 4 is 17.3 Å². The topological polar surface area (TPSA) is 93.2 Å². The van der Waals surface area contributed by atoms with Crippen molar-refractivity contribution in [3.05, 3.63) is 40.5 Å². The molecule has 0 saturated heterocycles. The number of carboxylic acid groups (broad SMARTS) is 1. The fourth-order valence-corrected chi connectivity index (χ4v) is 2.16. The predicted octanol–water partition coefficient (Wildman–Crippen LogP) is 2.07. The Morgan fingerprint density at radius 1 is 1.48 bits per heavy atom.